The summed E-state index contributed by atoms with van der Waals surface area (Å²) in [7, 11) is 0. The van der Waals surface area contributed by atoms with Crippen molar-refractivity contribution in [2.75, 3.05) is 0 Å². The Balaban J connectivity index is 1.94. The van der Waals surface area contributed by atoms with Crippen molar-refractivity contribution in [2.45, 2.75) is 46.2 Å². The van der Waals surface area contributed by atoms with Crippen LogP contribution in [0.25, 0.3) is 0 Å². The monoisotopic (exact) mass is 258 g/mol. The minimum Gasteiger partial charge on any atom is -0.445 e. The lowest BCUT2D eigenvalue weighted by atomic mass is 10.00. The number of nitrogens with zero attached hydrogens (tertiary/aromatic N) is 1. The molecule has 0 saturated carbocycles. The van der Waals surface area contributed by atoms with Crippen molar-refractivity contribution >= 4 is 0 Å². The van der Waals surface area contributed by atoms with Crippen molar-refractivity contribution in [3.05, 3.63) is 53.2 Å². The zero-order chi connectivity index (χ0) is 13.8. The number of nitrogens with one attached hydrogen (secondary N) is 1. The minimum absolute atomic E-state index is 0.286. The molecule has 0 aliphatic heterocycles. The summed E-state index contributed by atoms with van der Waals surface area (Å²) in [5.74, 6) is 2.17. The number of benzene rings is 1. The maximum Gasteiger partial charge on any atom is 0.208 e. The molecule has 2 rings (SSSR count). The number of aryl methyl sites for hydroxylation is 1. The molecule has 3 nitrogen and oxygen atoms in total. The Hall–Kier alpha value is -1.61. The SMILES string of the molecule is Cc1cnc(CNC(C)c2ccc(C(C)C)cc2)o1. The Kier molecular flexibility index (Phi) is 4.38. The van der Waals surface area contributed by atoms with Gasteiger partial charge in [-0.1, -0.05) is 38.1 Å². The standard InChI is InChI=1S/C16H22N2O/c1-11(2)14-5-7-15(8-6-14)13(4)17-10-16-18-9-12(3)19-16/h5-9,11,13,17H,10H2,1-4H3. The summed E-state index contributed by atoms with van der Waals surface area (Å²) in [5, 5.41) is 3.42. The lowest BCUT2D eigenvalue weighted by Gasteiger charge is -2.14. The van der Waals surface area contributed by atoms with E-state index in [4.69, 9.17) is 4.42 Å². The molecule has 0 aliphatic rings. The van der Waals surface area contributed by atoms with Gasteiger partial charge in [-0.2, -0.15) is 0 Å². The van der Waals surface area contributed by atoms with Gasteiger partial charge in [0.05, 0.1) is 12.7 Å². The van der Waals surface area contributed by atoms with Crippen LogP contribution in [0.15, 0.2) is 34.9 Å². The van der Waals surface area contributed by atoms with E-state index in [0.717, 1.165) is 11.7 Å². The molecule has 0 saturated heterocycles. The molecular weight excluding hydrogens is 236 g/mol. The highest BCUT2D eigenvalue weighted by Crippen LogP contribution is 2.18. The third-order valence-electron chi connectivity index (χ3n) is 3.33. The van der Waals surface area contributed by atoms with Crippen LogP contribution in [0.5, 0.6) is 0 Å². The van der Waals surface area contributed by atoms with Crippen LogP contribution in [0, 0.1) is 6.92 Å². The summed E-state index contributed by atoms with van der Waals surface area (Å²) in [4.78, 5) is 4.19. The molecular formula is C16H22N2O. The molecule has 0 aliphatic carbocycles. The molecule has 1 N–H and O–H groups in total. The smallest absolute Gasteiger partial charge is 0.208 e. The molecule has 2 aromatic rings. The molecule has 0 radical (unpaired) electrons. The van der Waals surface area contributed by atoms with Crippen LogP contribution in [-0.2, 0) is 6.54 Å². The quantitative estimate of drug-likeness (QED) is 0.882. The van der Waals surface area contributed by atoms with Crippen LogP contribution < -0.4 is 5.32 Å². The first-order chi connectivity index (χ1) is 9.06. The molecule has 1 unspecified atom stereocenters. The topological polar surface area (TPSA) is 38.1 Å². The molecule has 0 spiro atoms. The van der Waals surface area contributed by atoms with Crippen LogP contribution in [-0.4, -0.2) is 4.98 Å². The maximum atomic E-state index is 5.45. The van der Waals surface area contributed by atoms with Gasteiger partial charge in [-0.25, -0.2) is 4.98 Å². The first-order valence-electron chi connectivity index (χ1n) is 6.81. The number of aromatic nitrogens is 1. The second-order valence-electron chi connectivity index (χ2n) is 5.29. The molecule has 0 amide bonds. The van der Waals surface area contributed by atoms with Gasteiger partial charge in [0.15, 0.2) is 0 Å². The average molecular weight is 258 g/mol. The van der Waals surface area contributed by atoms with E-state index in [1.165, 1.54) is 11.1 Å². The molecule has 1 heterocycles. The Labute approximate surface area is 115 Å². The highest BCUT2D eigenvalue weighted by molar-refractivity contribution is 5.26. The molecule has 0 bridgehead atoms. The van der Waals surface area contributed by atoms with Crippen molar-refractivity contribution in [1.29, 1.82) is 0 Å². The number of oxazole rings is 1. The van der Waals surface area contributed by atoms with Crippen LogP contribution in [0.4, 0.5) is 0 Å². The second kappa shape index (κ2) is 6.02. The Morgan fingerprint density at radius 1 is 1.11 bits per heavy atom. The molecule has 1 aromatic heterocycles. The highest BCUT2D eigenvalue weighted by atomic mass is 16.4. The maximum absolute atomic E-state index is 5.45. The second-order valence-corrected chi connectivity index (χ2v) is 5.29. The zero-order valence-corrected chi connectivity index (χ0v) is 12.1. The van der Waals surface area contributed by atoms with E-state index in [9.17, 15) is 0 Å². The van der Waals surface area contributed by atoms with Gasteiger partial charge in [0.2, 0.25) is 5.89 Å². The van der Waals surface area contributed by atoms with E-state index in [2.05, 4.69) is 55.3 Å². The van der Waals surface area contributed by atoms with Gasteiger partial charge in [-0.05, 0) is 30.9 Å². The van der Waals surface area contributed by atoms with E-state index in [1.54, 1.807) is 6.20 Å². The first-order valence-corrected chi connectivity index (χ1v) is 6.81. The zero-order valence-electron chi connectivity index (χ0n) is 12.1. The highest BCUT2D eigenvalue weighted by Gasteiger charge is 2.07. The summed E-state index contributed by atoms with van der Waals surface area (Å²) < 4.78 is 5.45. The van der Waals surface area contributed by atoms with Crippen LogP contribution in [0.3, 0.4) is 0 Å². The van der Waals surface area contributed by atoms with Gasteiger partial charge in [0, 0.05) is 6.04 Å². The molecule has 3 heteroatoms. The van der Waals surface area contributed by atoms with E-state index in [0.29, 0.717) is 12.5 Å². The summed E-state index contributed by atoms with van der Waals surface area (Å²) in [6.45, 7) is 9.13. The van der Waals surface area contributed by atoms with E-state index < -0.39 is 0 Å². The van der Waals surface area contributed by atoms with Crippen molar-refractivity contribution < 1.29 is 4.42 Å². The number of rotatable bonds is 5. The van der Waals surface area contributed by atoms with E-state index in [-0.39, 0.29) is 6.04 Å². The third kappa shape index (κ3) is 3.67. The van der Waals surface area contributed by atoms with Gasteiger partial charge < -0.3 is 9.73 Å². The summed E-state index contributed by atoms with van der Waals surface area (Å²) in [6.07, 6.45) is 1.75. The Morgan fingerprint density at radius 2 is 1.74 bits per heavy atom. The van der Waals surface area contributed by atoms with Gasteiger partial charge in [0.25, 0.3) is 0 Å². The summed E-state index contributed by atoms with van der Waals surface area (Å²) in [5.41, 5.74) is 2.66. The average Bonchev–Trinajstić information content (AvgIpc) is 2.82. The summed E-state index contributed by atoms with van der Waals surface area (Å²) in [6, 6.07) is 9.07. The molecule has 102 valence electrons. The molecule has 1 aromatic carbocycles. The molecule has 1 atom stereocenters. The first kappa shape index (κ1) is 13.8. The van der Waals surface area contributed by atoms with Gasteiger partial charge in [-0.3, -0.25) is 0 Å². The van der Waals surface area contributed by atoms with Gasteiger partial charge >= 0.3 is 0 Å². The van der Waals surface area contributed by atoms with Crippen molar-refractivity contribution in [3.8, 4) is 0 Å². The normalized spacial score (nSPS) is 12.9. The number of hydrogen-bond acceptors (Lipinski definition) is 3. The van der Waals surface area contributed by atoms with Crippen LogP contribution in [0.1, 0.15) is 55.5 Å². The predicted molar refractivity (Wildman–Crippen MR) is 77.0 cm³/mol. The van der Waals surface area contributed by atoms with Crippen molar-refractivity contribution in [3.63, 3.8) is 0 Å². The van der Waals surface area contributed by atoms with Gasteiger partial charge in [-0.15, -0.1) is 0 Å². The summed E-state index contributed by atoms with van der Waals surface area (Å²) >= 11 is 0. The Bertz CT molecular complexity index is 514. The predicted octanol–water partition coefficient (Wildman–Crippen LogP) is 3.96. The Morgan fingerprint density at radius 3 is 2.26 bits per heavy atom. The van der Waals surface area contributed by atoms with Crippen LogP contribution >= 0.6 is 0 Å². The lowest BCUT2D eigenvalue weighted by molar-refractivity contribution is 0.432. The largest absolute Gasteiger partial charge is 0.445 e. The van der Waals surface area contributed by atoms with Crippen molar-refractivity contribution in [1.82, 2.24) is 10.3 Å². The minimum atomic E-state index is 0.286. The molecule has 0 fully saturated rings. The molecule has 19 heavy (non-hydrogen) atoms. The fourth-order valence-corrected chi connectivity index (χ4v) is 2.01. The fourth-order valence-electron chi connectivity index (χ4n) is 2.01. The van der Waals surface area contributed by atoms with E-state index in [1.807, 2.05) is 6.92 Å². The van der Waals surface area contributed by atoms with Crippen molar-refractivity contribution in [2.24, 2.45) is 0 Å². The van der Waals surface area contributed by atoms with Gasteiger partial charge in [0.1, 0.15) is 5.76 Å². The van der Waals surface area contributed by atoms with Crippen LogP contribution in [0.2, 0.25) is 0 Å². The number of hydrogen-bond donors (Lipinski definition) is 1. The lowest BCUT2D eigenvalue weighted by Crippen LogP contribution is -2.18. The third-order valence-corrected chi connectivity index (χ3v) is 3.33. The fraction of sp³-hybridized carbons (Fsp3) is 0.438. The van der Waals surface area contributed by atoms with E-state index >= 15 is 0 Å².